The summed E-state index contributed by atoms with van der Waals surface area (Å²) < 4.78 is 0.381. The lowest BCUT2D eigenvalue weighted by Gasteiger charge is -2.50. The first kappa shape index (κ1) is 10.9. The molecule has 2 rings (SSSR count). The summed E-state index contributed by atoms with van der Waals surface area (Å²) in [7, 11) is 0. The largest absolute Gasteiger partial charge is 0.172 e. The molecule has 0 aromatic heterocycles. The Bertz CT molecular complexity index is 163. The summed E-state index contributed by atoms with van der Waals surface area (Å²) in [5.74, 6) is 0. The van der Waals surface area contributed by atoms with Crippen LogP contribution in [0.5, 0.6) is 0 Å². The van der Waals surface area contributed by atoms with Crippen molar-refractivity contribution in [3.05, 3.63) is 0 Å². The van der Waals surface area contributed by atoms with Gasteiger partial charge in [-0.25, -0.2) is 0 Å². The molecule has 0 N–H and O–H groups in total. The fraction of sp³-hybridized carbons (Fsp3) is 1.00. The van der Waals surface area contributed by atoms with Crippen molar-refractivity contribution in [2.45, 2.75) is 75.9 Å². The van der Waals surface area contributed by atoms with Crippen molar-refractivity contribution in [1.82, 2.24) is 0 Å². The maximum absolute atomic E-state index is 5.08. The fourth-order valence-electron chi connectivity index (χ4n) is 3.54. The Morgan fingerprint density at radius 2 is 1.14 bits per heavy atom. The molecule has 0 aromatic rings. The van der Waals surface area contributed by atoms with Gasteiger partial charge in [0.15, 0.2) is 0 Å². The summed E-state index contributed by atoms with van der Waals surface area (Å²) in [6.45, 7) is 2.50. The number of thiol groups is 1. The molecule has 0 atom stereocenters. The van der Waals surface area contributed by atoms with E-state index in [-0.39, 0.29) is 0 Å². The van der Waals surface area contributed by atoms with E-state index >= 15 is 0 Å². The summed E-state index contributed by atoms with van der Waals surface area (Å²) in [5, 5.41) is 0. The van der Waals surface area contributed by atoms with Crippen molar-refractivity contribution in [3.63, 3.8) is 0 Å². The molecule has 0 saturated heterocycles. The van der Waals surface area contributed by atoms with Gasteiger partial charge in [0, 0.05) is 4.75 Å². The zero-order valence-electron chi connectivity index (χ0n) is 9.52. The third-order valence-electron chi connectivity index (χ3n) is 4.76. The highest BCUT2D eigenvalue weighted by Gasteiger charge is 2.45. The van der Waals surface area contributed by atoms with Crippen LogP contribution < -0.4 is 0 Å². The van der Waals surface area contributed by atoms with Crippen LogP contribution in [0.4, 0.5) is 0 Å². The van der Waals surface area contributed by atoms with Crippen molar-refractivity contribution in [1.29, 1.82) is 0 Å². The van der Waals surface area contributed by atoms with Gasteiger partial charge in [0.1, 0.15) is 0 Å². The predicted molar refractivity (Wildman–Crippen MR) is 66.0 cm³/mol. The summed E-state index contributed by atoms with van der Waals surface area (Å²) in [6.07, 6.45) is 14.2. The average Bonchev–Trinajstić information content (AvgIpc) is 2.20. The maximum atomic E-state index is 5.08. The van der Waals surface area contributed by atoms with Gasteiger partial charge in [0.25, 0.3) is 0 Å². The van der Waals surface area contributed by atoms with E-state index in [1.807, 2.05) is 0 Å². The summed E-state index contributed by atoms with van der Waals surface area (Å²) in [5.41, 5.74) is 0.550. The molecular weight excluding hydrogens is 188 g/mol. The minimum Gasteiger partial charge on any atom is -0.172 e. The van der Waals surface area contributed by atoms with Gasteiger partial charge in [-0.3, -0.25) is 0 Å². The highest BCUT2D eigenvalue weighted by molar-refractivity contribution is 7.81. The Hall–Kier alpha value is 0.350. The van der Waals surface area contributed by atoms with Crippen LogP contribution in [0.1, 0.15) is 71.1 Å². The van der Waals surface area contributed by atoms with E-state index < -0.39 is 0 Å². The lowest BCUT2D eigenvalue weighted by atomic mass is 9.62. The van der Waals surface area contributed by atoms with E-state index in [1.165, 1.54) is 64.2 Å². The van der Waals surface area contributed by atoms with Crippen LogP contribution in [0.15, 0.2) is 0 Å². The van der Waals surface area contributed by atoms with Crippen LogP contribution in [-0.2, 0) is 0 Å². The SMILES string of the molecule is CC1(C2(S)CCCCC2)CCCCC1. The van der Waals surface area contributed by atoms with E-state index in [1.54, 1.807) is 0 Å². The molecule has 2 aliphatic carbocycles. The molecule has 82 valence electrons. The van der Waals surface area contributed by atoms with Crippen molar-refractivity contribution < 1.29 is 0 Å². The van der Waals surface area contributed by atoms with Crippen molar-refractivity contribution in [2.75, 3.05) is 0 Å². The molecular formula is C13H24S. The Labute approximate surface area is 94.3 Å². The first-order chi connectivity index (χ1) is 6.66. The Kier molecular flexibility index (Phi) is 3.16. The Morgan fingerprint density at radius 3 is 1.64 bits per heavy atom. The molecule has 0 bridgehead atoms. The van der Waals surface area contributed by atoms with E-state index in [4.69, 9.17) is 12.6 Å². The third kappa shape index (κ3) is 1.85. The molecule has 0 spiro atoms. The Morgan fingerprint density at radius 1 is 0.714 bits per heavy atom. The molecule has 1 heteroatoms. The first-order valence-electron chi connectivity index (χ1n) is 6.39. The van der Waals surface area contributed by atoms with Crippen LogP contribution in [0, 0.1) is 5.41 Å². The highest BCUT2D eigenvalue weighted by atomic mass is 32.1. The predicted octanol–water partition coefficient (Wildman–Crippen LogP) is 4.59. The van der Waals surface area contributed by atoms with Gasteiger partial charge in [-0.15, -0.1) is 0 Å². The molecule has 2 fully saturated rings. The van der Waals surface area contributed by atoms with Gasteiger partial charge in [0.2, 0.25) is 0 Å². The number of rotatable bonds is 1. The van der Waals surface area contributed by atoms with Crippen LogP contribution in [-0.4, -0.2) is 4.75 Å². The second-order valence-electron chi connectivity index (χ2n) is 5.71. The second-order valence-corrected chi connectivity index (χ2v) is 6.57. The van der Waals surface area contributed by atoms with E-state index in [2.05, 4.69) is 6.92 Å². The zero-order chi connectivity index (χ0) is 10.1. The number of hydrogen-bond acceptors (Lipinski definition) is 1. The first-order valence-corrected chi connectivity index (χ1v) is 6.84. The monoisotopic (exact) mass is 212 g/mol. The average molecular weight is 212 g/mol. The zero-order valence-corrected chi connectivity index (χ0v) is 10.4. The molecule has 2 aliphatic rings. The van der Waals surface area contributed by atoms with Crippen molar-refractivity contribution >= 4 is 12.6 Å². The van der Waals surface area contributed by atoms with E-state index in [0.29, 0.717) is 10.2 Å². The minimum atomic E-state index is 0.381. The molecule has 2 saturated carbocycles. The summed E-state index contributed by atoms with van der Waals surface area (Å²) in [4.78, 5) is 0. The van der Waals surface area contributed by atoms with Crippen molar-refractivity contribution in [2.24, 2.45) is 5.41 Å². The van der Waals surface area contributed by atoms with Gasteiger partial charge in [-0.1, -0.05) is 45.4 Å². The summed E-state index contributed by atoms with van der Waals surface area (Å²) in [6, 6.07) is 0. The van der Waals surface area contributed by atoms with Gasteiger partial charge in [-0.05, 0) is 31.1 Å². The van der Waals surface area contributed by atoms with Crippen LogP contribution >= 0.6 is 12.6 Å². The maximum Gasteiger partial charge on any atom is 0.0183 e. The molecule has 0 nitrogen and oxygen atoms in total. The molecule has 0 unspecified atom stereocenters. The lowest BCUT2D eigenvalue weighted by molar-refractivity contribution is 0.117. The normalized spacial score (nSPS) is 31.3. The molecule has 0 radical (unpaired) electrons. The fourth-order valence-corrected chi connectivity index (χ4v) is 4.08. The molecule has 0 aliphatic heterocycles. The van der Waals surface area contributed by atoms with Gasteiger partial charge >= 0.3 is 0 Å². The van der Waals surface area contributed by atoms with Gasteiger partial charge in [0.05, 0.1) is 0 Å². The second kappa shape index (κ2) is 4.08. The standard InChI is InChI=1S/C13H24S/c1-12(8-4-2-5-9-12)13(14)10-6-3-7-11-13/h14H,2-11H2,1H3. The van der Waals surface area contributed by atoms with Gasteiger partial charge in [-0.2, -0.15) is 12.6 Å². The van der Waals surface area contributed by atoms with Crippen LogP contribution in [0.25, 0.3) is 0 Å². The molecule has 14 heavy (non-hydrogen) atoms. The third-order valence-corrected chi connectivity index (χ3v) is 5.75. The minimum absolute atomic E-state index is 0.381. The smallest absolute Gasteiger partial charge is 0.0183 e. The van der Waals surface area contributed by atoms with E-state index in [0.717, 1.165) is 0 Å². The quantitative estimate of drug-likeness (QED) is 0.604. The van der Waals surface area contributed by atoms with Crippen LogP contribution in [0.2, 0.25) is 0 Å². The lowest BCUT2D eigenvalue weighted by Crippen LogP contribution is -2.44. The molecule has 0 heterocycles. The molecule has 0 amide bonds. The number of hydrogen-bond donors (Lipinski definition) is 1. The molecule has 0 aromatic carbocycles. The Balaban J connectivity index is 2.09. The van der Waals surface area contributed by atoms with Crippen molar-refractivity contribution in [3.8, 4) is 0 Å². The highest BCUT2D eigenvalue weighted by Crippen LogP contribution is 2.54. The topological polar surface area (TPSA) is 0 Å². The van der Waals surface area contributed by atoms with Crippen LogP contribution in [0.3, 0.4) is 0 Å². The van der Waals surface area contributed by atoms with E-state index in [9.17, 15) is 0 Å². The van der Waals surface area contributed by atoms with Gasteiger partial charge < -0.3 is 0 Å². The summed E-state index contributed by atoms with van der Waals surface area (Å²) >= 11 is 5.08.